The normalized spacial score (nSPS) is 10.2. The molecule has 3 nitrogen and oxygen atoms in total. The predicted octanol–water partition coefficient (Wildman–Crippen LogP) is 4.69. The minimum Gasteiger partial charge on any atom is -0.493 e. The van der Waals surface area contributed by atoms with E-state index in [0.717, 1.165) is 24.8 Å². The summed E-state index contributed by atoms with van der Waals surface area (Å²) < 4.78 is 10.7. The highest BCUT2D eigenvalue weighted by molar-refractivity contribution is 5.73. The number of methoxy groups -OCH3 is 1. The molecule has 0 aromatic heterocycles. The van der Waals surface area contributed by atoms with E-state index < -0.39 is 0 Å². The summed E-state index contributed by atoms with van der Waals surface area (Å²) in [7, 11) is 1.58. The average Bonchev–Trinajstić information content (AvgIpc) is 2.49. The number of hydrogen-bond donors (Lipinski definition) is 0. The van der Waals surface area contributed by atoms with Crippen LogP contribution >= 0.6 is 0 Å². The summed E-state index contributed by atoms with van der Waals surface area (Å²) in [5.74, 6) is 0.888. The third kappa shape index (κ3) is 6.48. The van der Waals surface area contributed by atoms with E-state index in [9.17, 15) is 4.79 Å². The maximum atomic E-state index is 11.8. The van der Waals surface area contributed by atoms with Crippen LogP contribution in [0.25, 0.3) is 0 Å². The SMILES string of the molecule is C=CCc1ccc(OC(=O)CCCCCCC)c(OC)c1. The number of hydrogen-bond acceptors (Lipinski definition) is 3. The molecule has 0 spiro atoms. The number of unbranched alkanes of at least 4 members (excludes halogenated alkanes) is 4. The van der Waals surface area contributed by atoms with Crippen molar-refractivity contribution in [2.45, 2.75) is 51.9 Å². The van der Waals surface area contributed by atoms with Crippen LogP contribution in [-0.4, -0.2) is 13.1 Å². The van der Waals surface area contributed by atoms with Crippen molar-refractivity contribution >= 4 is 5.97 Å². The molecule has 0 aliphatic heterocycles. The van der Waals surface area contributed by atoms with Crippen LogP contribution in [0.1, 0.15) is 51.0 Å². The van der Waals surface area contributed by atoms with Gasteiger partial charge in [-0.2, -0.15) is 0 Å². The summed E-state index contributed by atoms with van der Waals surface area (Å²) in [4.78, 5) is 11.8. The van der Waals surface area contributed by atoms with Gasteiger partial charge in [0.05, 0.1) is 7.11 Å². The second-order valence-corrected chi connectivity index (χ2v) is 5.12. The van der Waals surface area contributed by atoms with Crippen LogP contribution in [-0.2, 0) is 11.2 Å². The van der Waals surface area contributed by atoms with Crippen LogP contribution in [0.5, 0.6) is 11.5 Å². The van der Waals surface area contributed by atoms with Gasteiger partial charge in [-0.3, -0.25) is 4.79 Å². The van der Waals surface area contributed by atoms with Crippen molar-refractivity contribution in [2.24, 2.45) is 0 Å². The summed E-state index contributed by atoms with van der Waals surface area (Å²) in [6.07, 6.45) is 8.64. The number of benzene rings is 1. The summed E-state index contributed by atoms with van der Waals surface area (Å²) in [5, 5.41) is 0. The fourth-order valence-corrected chi connectivity index (χ4v) is 2.14. The van der Waals surface area contributed by atoms with E-state index >= 15 is 0 Å². The maximum absolute atomic E-state index is 11.8. The van der Waals surface area contributed by atoms with Gasteiger partial charge in [-0.05, 0) is 30.5 Å². The van der Waals surface area contributed by atoms with E-state index in [-0.39, 0.29) is 5.97 Å². The lowest BCUT2D eigenvalue weighted by Crippen LogP contribution is -2.08. The Morgan fingerprint density at radius 1 is 1.19 bits per heavy atom. The molecule has 0 aliphatic carbocycles. The zero-order valence-corrected chi connectivity index (χ0v) is 13.2. The second-order valence-electron chi connectivity index (χ2n) is 5.12. The Kier molecular flexibility index (Phi) is 8.25. The molecule has 0 amide bonds. The van der Waals surface area contributed by atoms with Gasteiger partial charge in [0.15, 0.2) is 11.5 Å². The first-order valence-electron chi connectivity index (χ1n) is 7.69. The molecule has 0 heterocycles. The average molecular weight is 290 g/mol. The Morgan fingerprint density at radius 2 is 1.95 bits per heavy atom. The number of allylic oxidation sites excluding steroid dienone is 1. The predicted molar refractivity (Wildman–Crippen MR) is 85.9 cm³/mol. The molecular formula is C18H26O3. The first-order valence-corrected chi connectivity index (χ1v) is 7.69. The summed E-state index contributed by atoms with van der Waals surface area (Å²) in [6.45, 7) is 5.89. The minimum absolute atomic E-state index is 0.193. The van der Waals surface area contributed by atoms with E-state index in [1.54, 1.807) is 13.2 Å². The molecule has 1 aromatic carbocycles. The molecule has 0 atom stereocenters. The number of carbonyl (C=O) groups excluding carboxylic acids is 1. The molecule has 0 unspecified atom stereocenters. The van der Waals surface area contributed by atoms with Crippen molar-refractivity contribution < 1.29 is 14.3 Å². The van der Waals surface area contributed by atoms with Gasteiger partial charge in [-0.1, -0.05) is 44.7 Å². The van der Waals surface area contributed by atoms with Gasteiger partial charge in [0.25, 0.3) is 0 Å². The molecule has 3 heteroatoms. The van der Waals surface area contributed by atoms with Crippen LogP contribution in [0.3, 0.4) is 0 Å². The molecule has 1 aromatic rings. The molecule has 21 heavy (non-hydrogen) atoms. The largest absolute Gasteiger partial charge is 0.493 e. The molecule has 0 aliphatic rings. The Bertz CT molecular complexity index is 452. The quantitative estimate of drug-likeness (QED) is 0.271. The fraction of sp³-hybridized carbons (Fsp3) is 0.500. The maximum Gasteiger partial charge on any atom is 0.311 e. The molecule has 0 bridgehead atoms. The highest BCUT2D eigenvalue weighted by atomic mass is 16.6. The number of rotatable bonds is 10. The molecule has 0 N–H and O–H groups in total. The van der Waals surface area contributed by atoms with Crippen molar-refractivity contribution in [3.05, 3.63) is 36.4 Å². The van der Waals surface area contributed by atoms with Crippen molar-refractivity contribution in [1.82, 2.24) is 0 Å². The third-order valence-corrected chi connectivity index (χ3v) is 3.32. The first kappa shape index (κ1) is 17.3. The molecule has 1 rings (SSSR count). The lowest BCUT2D eigenvalue weighted by molar-refractivity contribution is -0.134. The zero-order chi connectivity index (χ0) is 15.5. The molecule has 116 valence electrons. The summed E-state index contributed by atoms with van der Waals surface area (Å²) in [5.41, 5.74) is 1.08. The Labute approximate surface area is 128 Å². The van der Waals surface area contributed by atoms with Gasteiger partial charge in [-0.25, -0.2) is 0 Å². The Morgan fingerprint density at radius 3 is 2.62 bits per heavy atom. The molecular weight excluding hydrogens is 264 g/mol. The van der Waals surface area contributed by atoms with Crippen molar-refractivity contribution in [2.75, 3.05) is 7.11 Å². The second kappa shape index (κ2) is 10.0. The van der Waals surface area contributed by atoms with Crippen LogP contribution in [0.4, 0.5) is 0 Å². The van der Waals surface area contributed by atoms with Crippen LogP contribution in [0.15, 0.2) is 30.9 Å². The smallest absolute Gasteiger partial charge is 0.311 e. The lowest BCUT2D eigenvalue weighted by atomic mass is 10.1. The van der Waals surface area contributed by atoms with Crippen molar-refractivity contribution in [3.8, 4) is 11.5 Å². The standard InChI is InChI=1S/C18H26O3/c1-4-6-7-8-9-11-18(19)21-16-13-12-15(10-5-2)14-17(16)20-3/h5,12-14H,2,4,6-11H2,1,3H3. The Balaban J connectivity index is 2.49. The van der Waals surface area contributed by atoms with Gasteiger partial charge >= 0.3 is 5.97 Å². The van der Waals surface area contributed by atoms with Crippen LogP contribution in [0.2, 0.25) is 0 Å². The third-order valence-electron chi connectivity index (χ3n) is 3.32. The van der Waals surface area contributed by atoms with Crippen LogP contribution < -0.4 is 9.47 Å². The van der Waals surface area contributed by atoms with Gasteiger partial charge in [-0.15, -0.1) is 6.58 Å². The highest BCUT2D eigenvalue weighted by Crippen LogP contribution is 2.28. The molecule has 0 radical (unpaired) electrons. The van der Waals surface area contributed by atoms with Crippen molar-refractivity contribution in [1.29, 1.82) is 0 Å². The summed E-state index contributed by atoms with van der Waals surface area (Å²) in [6, 6.07) is 5.59. The fourth-order valence-electron chi connectivity index (χ4n) is 2.14. The molecule has 0 saturated heterocycles. The number of esters is 1. The monoisotopic (exact) mass is 290 g/mol. The van der Waals surface area contributed by atoms with E-state index in [0.29, 0.717) is 17.9 Å². The van der Waals surface area contributed by atoms with Gasteiger partial charge in [0.2, 0.25) is 0 Å². The van der Waals surface area contributed by atoms with Crippen LogP contribution in [0, 0.1) is 0 Å². The number of carbonyl (C=O) groups is 1. The van der Waals surface area contributed by atoms with E-state index in [1.807, 2.05) is 18.2 Å². The Hall–Kier alpha value is -1.77. The molecule has 0 fully saturated rings. The lowest BCUT2D eigenvalue weighted by Gasteiger charge is -2.10. The first-order chi connectivity index (χ1) is 10.2. The van der Waals surface area contributed by atoms with Gasteiger partial charge in [0.1, 0.15) is 0 Å². The van der Waals surface area contributed by atoms with Crippen molar-refractivity contribution in [3.63, 3.8) is 0 Å². The molecule has 0 saturated carbocycles. The van der Waals surface area contributed by atoms with E-state index in [2.05, 4.69) is 13.5 Å². The van der Waals surface area contributed by atoms with Gasteiger partial charge < -0.3 is 9.47 Å². The zero-order valence-electron chi connectivity index (χ0n) is 13.2. The van der Waals surface area contributed by atoms with E-state index in [4.69, 9.17) is 9.47 Å². The summed E-state index contributed by atoms with van der Waals surface area (Å²) >= 11 is 0. The highest BCUT2D eigenvalue weighted by Gasteiger charge is 2.10. The topological polar surface area (TPSA) is 35.5 Å². The number of ether oxygens (including phenoxy) is 2. The van der Waals surface area contributed by atoms with E-state index in [1.165, 1.54) is 19.3 Å². The van der Waals surface area contributed by atoms with Gasteiger partial charge in [0, 0.05) is 6.42 Å². The minimum atomic E-state index is -0.193.